The molecule has 5 rings (SSSR count). The van der Waals surface area contributed by atoms with Crippen molar-refractivity contribution >= 4 is 35.0 Å². The molecular formula is C25H25BO2. The van der Waals surface area contributed by atoms with E-state index in [-0.39, 0.29) is 0 Å². The summed E-state index contributed by atoms with van der Waals surface area (Å²) < 4.78 is 0. The third-order valence-electron chi connectivity index (χ3n) is 6.57. The van der Waals surface area contributed by atoms with Gasteiger partial charge in [-0.05, 0) is 70.1 Å². The van der Waals surface area contributed by atoms with Gasteiger partial charge in [-0.1, -0.05) is 73.2 Å². The molecule has 0 aromatic heterocycles. The Bertz CT molecular complexity index is 1070. The minimum Gasteiger partial charge on any atom is -0.423 e. The van der Waals surface area contributed by atoms with E-state index in [0.717, 1.165) is 42.0 Å². The van der Waals surface area contributed by atoms with Gasteiger partial charge >= 0.3 is 7.12 Å². The molecular weight excluding hydrogens is 343 g/mol. The Balaban J connectivity index is 1.79. The van der Waals surface area contributed by atoms with Crippen molar-refractivity contribution in [3.8, 4) is 0 Å². The lowest BCUT2D eigenvalue weighted by Crippen LogP contribution is -2.34. The van der Waals surface area contributed by atoms with E-state index in [1.807, 2.05) is 12.1 Å². The smallest absolute Gasteiger partial charge is 0.423 e. The third-order valence-corrected chi connectivity index (χ3v) is 6.57. The Hall–Kier alpha value is -2.36. The fraction of sp³-hybridized carbons (Fsp3) is 0.280. The molecule has 3 aliphatic carbocycles. The van der Waals surface area contributed by atoms with Crippen LogP contribution in [0.4, 0.5) is 0 Å². The normalized spacial score (nSPS) is 23.1. The minimum absolute atomic E-state index is 0.535. The molecule has 140 valence electrons. The van der Waals surface area contributed by atoms with Gasteiger partial charge in [-0.15, -0.1) is 0 Å². The van der Waals surface area contributed by atoms with Crippen LogP contribution in [0.1, 0.15) is 42.9 Å². The highest BCUT2D eigenvalue weighted by atomic mass is 16.4. The SMILES string of the molecule is CC1CC=CC2CC=C(c3c4c(c(B(O)O)c5ccccc35)C=CCC4)C=C12. The molecule has 0 saturated carbocycles. The zero-order chi connectivity index (χ0) is 19.3. The van der Waals surface area contributed by atoms with E-state index in [4.69, 9.17) is 0 Å². The van der Waals surface area contributed by atoms with E-state index in [9.17, 15) is 10.0 Å². The third kappa shape index (κ3) is 2.73. The quantitative estimate of drug-likeness (QED) is 0.609. The largest absolute Gasteiger partial charge is 0.489 e. The van der Waals surface area contributed by atoms with Crippen molar-refractivity contribution in [2.75, 3.05) is 0 Å². The second-order valence-electron chi connectivity index (χ2n) is 8.25. The first kappa shape index (κ1) is 17.7. The highest BCUT2D eigenvalue weighted by Gasteiger charge is 2.29. The summed E-state index contributed by atoms with van der Waals surface area (Å²) in [6, 6.07) is 8.18. The van der Waals surface area contributed by atoms with Crippen LogP contribution in [0, 0.1) is 11.8 Å². The van der Waals surface area contributed by atoms with Crippen LogP contribution in [0.25, 0.3) is 22.4 Å². The van der Waals surface area contributed by atoms with E-state index >= 15 is 0 Å². The van der Waals surface area contributed by atoms with Crippen LogP contribution < -0.4 is 5.46 Å². The van der Waals surface area contributed by atoms with Crippen molar-refractivity contribution < 1.29 is 10.0 Å². The lowest BCUT2D eigenvalue weighted by atomic mass is 9.68. The van der Waals surface area contributed by atoms with Crippen LogP contribution >= 0.6 is 0 Å². The summed E-state index contributed by atoms with van der Waals surface area (Å²) in [5.74, 6) is 1.12. The fourth-order valence-corrected chi connectivity index (χ4v) is 5.22. The maximum atomic E-state index is 10.2. The zero-order valence-electron chi connectivity index (χ0n) is 16.2. The first-order chi connectivity index (χ1) is 13.6. The summed E-state index contributed by atoms with van der Waals surface area (Å²) in [6.07, 6.45) is 17.8. The number of rotatable bonds is 2. The summed E-state index contributed by atoms with van der Waals surface area (Å²) in [6.45, 7) is 2.33. The van der Waals surface area contributed by atoms with E-state index in [1.165, 1.54) is 22.3 Å². The number of allylic oxidation sites excluding steroid dienone is 7. The molecule has 2 atom stereocenters. The highest BCUT2D eigenvalue weighted by molar-refractivity contribution is 6.63. The molecule has 28 heavy (non-hydrogen) atoms. The number of fused-ring (bicyclic) bond motifs is 3. The number of hydrogen-bond donors (Lipinski definition) is 2. The molecule has 0 amide bonds. The highest BCUT2D eigenvalue weighted by Crippen LogP contribution is 2.42. The summed E-state index contributed by atoms with van der Waals surface area (Å²) in [7, 11) is -1.47. The molecule has 0 bridgehead atoms. The van der Waals surface area contributed by atoms with Gasteiger partial charge in [0.1, 0.15) is 0 Å². The zero-order valence-corrected chi connectivity index (χ0v) is 16.2. The molecule has 3 heteroatoms. The Morgan fingerprint density at radius 1 is 1.04 bits per heavy atom. The molecule has 0 fully saturated rings. The van der Waals surface area contributed by atoms with Crippen molar-refractivity contribution in [2.24, 2.45) is 11.8 Å². The average molecular weight is 368 g/mol. The van der Waals surface area contributed by atoms with Crippen LogP contribution in [0.3, 0.4) is 0 Å². The van der Waals surface area contributed by atoms with Crippen molar-refractivity contribution in [3.63, 3.8) is 0 Å². The molecule has 2 aromatic rings. The Kier molecular flexibility index (Phi) is 4.38. The Morgan fingerprint density at radius 2 is 1.86 bits per heavy atom. The van der Waals surface area contributed by atoms with Crippen LogP contribution in [0.5, 0.6) is 0 Å². The first-order valence-corrected chi connectivity index (χ1v) is 10.3. The average Bonchev–Trinajstić information content (AvgIpc) is 2.71. The van der Waals surface area contributed by atoms with Gasteiger partial charge in [-0.25, -0.2) is 0 Å². The summed E-state index contributed by atoms with van der Waals surface area (Å²) in [5.41, 5.74) is 7.01. The summed E-state index contributed by atoms with van der Waals surface area (Å²) in [5, 5.41) is 22.4. The van der Waals surface area contributed by atoms with Crippen LogP contribution in [-0.4, -0.2) is 17.2 Å². The Morgan fingerprint density at radius 3 is 2.68 bits per heavy atom. The maximum absolute atomic E-state index is 10.2. The molecule has 0 spiro atoms. The van der Waals surface area contributed by atoms with E-state index in [1.54, 1.807) is 0 Å². The molecule has 2 unspecified atom stereocenters. The van der Waals surface area contributed by atoms with Gasteiger partial charge in [0.05, 0.1) is 0 Å². The monoisotopic (exact) mass is 368 g/mol. The lowest BCUT2D eigenvalue weighted by Gasteiger charge is -2.31. The first-order valence-electron chi connectivity index (χ1n) is 10.3. The molecule has 2 aromatic carbocycles. The van der Waals surface area contributed by atoms with Crippen LogP contribution in [0.15, 0.2) is 60.2 Å². The molecule has 2 N–H and O–H groups in total. The second-order valence-corrected chi connectivity index (χ2v) is 8.25. The van der Waals surface area contributed by atoms with Gasteiger partial charge in [-0.2, -0.15) is 0 Å². The lowest BCUT2D eigenvalue weighted by molar-refractivity contribution is 0.426. The Labute approximate surface area is 166 Å². The van der Waals surface area contributed by atoms with Crippen LogP contribution in [-0.2, 0) is 6.42 Å². The van der Waals surface area contributed by atoms with Crippen LogP contribution in [0.2, 0.25) is 0 Å². The van der Waals surface area contributed by atoms with Gasteiger partial charge in [0.15, 0.2) is 0 Å². The molecule has 0 saturated heterocycles. The van der Waals surface area contributed by atoms with Gasteiger partial charge in [-0.3, -0.25) is 0 Å². The van der Waals surface area contributed by atoms with E-state index in [0.29, 0.717) is 17.3 Å². The maximum Gasteiger partial charge on any atom is 0.489 e. The summed E-state index contributed by atoms with van der Waals surface area (Å²) >= 11 is 0. The molecule has 3 aliphatic rings. The van der Waals surface area contributed by atoms with Gasteiger partial charge in [0, 0.05) is 5.92 Å². The standard InChI is InChI=1S/C25H25BO2/c1-16-7-6-8-17-13-14-18(15-23(16)17)24-19-9-2-4-11-21(19)25(26(27)28)22-12-5-3-10-20(22)24/h2,4-6,8-9,11-12,14-17,27-28H,3,7,10,13H2,1H3. The number of hydrogen-bond acceptors (Lipinski definition) is 2. The number of benzene rings is 2. The van der Waals surface area contributed by atoms with Gasteiger partial charge < -0.3 is 10.0 Å². The topological polar surface area (TPSA) is 40.5 Å². The molecule has 2 nitrogen and oxygen atoms in total. The fourth-order valence-electron chi connectivity index (χ4n) is 5.22. The second kappa shape index (κ2) is 6.91. The van der Waals surface area contributed by atoms with Gasteiger partial charge in [0.25, 0.3) is 0 Å². The van der Waals surface area contributed by atoms with Crippen molar-refractivity contribution in [1.82, 2.24) is 0 Å². The van der Waals surface area contributed by atoms with Crippen molar-refractivity contribution in [3.05, 3.63) is 76.9 Å². The predicted octanol–water partition coefficient (Wildman–Crippen LogP) is 4.40. The van der Waals surface area contributed by atoms with Gasteiger partial charge in [0.2, 0.25) is 0 Å². The van der Waals surface area contributed by atoms with E-state index in [2.05, 4.69) is 55.5 Å². The summed E-state index contributed by atoms with van der Waals surface area (Å²) in [4.78, 5) is 0. The molecule has 0 heterocycles. The van der Waals surface area contributed by atoms with E-state index < -0.39 is 7.12 Å². The molecule has 0 aliphatic heterocycles. The molecule has 0 radical (unpaired) electrons. The minimum atomic E-state index is -1.47. The predicted molar refractivity (Wildman–Crippen MR) is 118 cm³/mol. The van der Waals surface area contributed by atoms with Crippen molar-refractivity contribution in [1.29, 1.82) is 0 Å². The van der Waals surface area contributed by atoms with Crippen molar-refractivity contribution in [2.45, 2.75) is 32.6 Å².